The molecule has 0 spiro atoms. The van der Waals surface area contributed by atoms with Gasteiger partial charge >= 0.3 is 0 Å². The van der Waals surface area contributed by atoms with Crippen LogP contribution in [0.15, 0.2) is 47.6 Å². The van der Waals surface area contributed by atoms with Gasteiger partial charge in [-0.05, 0) is 54.3 Å². The Morgan fingerprint density at radius 3 is 2.73 bits per heavy atom. The van der Waals surface area contributed by atoms with Crippen molar-refractivity contribution in [1.82, 2.24) is 14.7 Å². The van der Waals surface area contributed by atoms with E-state index >= 15 is 0 Å². The molecule has 0 aliphatic carbocycles. The van der Waals surface area contributed by atoms with E-state index < -0.39 is 0 Å². The van der Waals surface area contributed by atoms with Crippen LogP contribution < -0.4 is 4.90 Å². The van der Waals surface area contributed by atoms with Crippen LogP contribution in [0.4, 0.5) is 5.69 Å². The molecule has 33 heavy (non-hydrogen) atoms. The van der Waals surface area contributed by atoms with Gasteiger partial charge in [-0.15, -0.1) is 0 Å². The predicted molar refractivity (Wildman–Crippen MR) is 124 cm³/mol. The van der Waals surface area contributed by atoms with Crippen molar-refractivity contribution >= 4 is 29.1 Å². The molecule has 2 aliphatic rings. The van der Waals surface area contributed by atoms with E-state index in [-0.39, 0.29) is 18.4 Å². The molecular formula is C23H20ClN7O2. The van der Waals surface area contributed by atoms with Gasteiger partial charge in [0.25, 0.3) is 11.8 Å². The topological polar surface area (TPSA) is 107 Å². The molecule has 0 N–H and O–H groups in total. The molecular weight excluding hydrogens is 442 g/mol. The number of aromatic nitrogens is 2. The number of amides is 2. The second-order valence-corrected chi connectivity index (χ2v) is 8.52. The lowest BCUT2D eigenvalue weighted by atomic mass is 9.97. The number of hydrogen-bond donors (Lipinski definition) is 0. The molecule has 3 heterocycles. The van der Waals surface area contributed by atoms with Gasteiger partial charge < -0.3 is 9.80 Å². The first kappa shape index (κ1) is 21.1. The number of halogens is 1. The first-order valence-electron chi connectivity index (χ1n) is 10.6. The Bertz CT molecular complexity index is 1340. The summed E-state index contributed by atoms with van der Waals surface area (Å²) < 4.78 is 1.56. The predicted octanol–water partition coefficient (Wildman–Crippen LogP) is 4.17. The van der Waals surface area contributed by atoms with Crippen LogP contribution in [0, 0.1) is 0 Å². The van der Waals surface area contributed by atoms with Gasteiger partial charge in [0.1, 0.15) is 5.69 Å². The van der Waals surface area contributed by atoms with Crippen molar-refractivity contribution in [2.24, 2.45) is 5.11 Å². The van der Waals surface area contributed by atoms with E-state index in [4.69, 9.17) is 17.1 Å². The Kier molecular flexibility index (Phi) is 5.28. The highest BCUT2D eigenvalue weighted by Gasteiger charge is 2.34. The third-order valence-electron chi connectivity index (χ3n) is 6.14. The van der Waals surface area contributed by atoms with Gasteiger partial charge in [0.2, 0.25) is 0 Å². The number of carbonyl (C=O) groups excluding carboxylic acids is 2. The van der Waals surface area contributed by atoms with Gasteiger partial charge in [0.15, 0.2) is 0 Å². The maximum absolute atomic E-state index is 13.7. The number of likely N-dealkylation sites (N-methyl/N-ethyl adjacent to an activating group) is 1. The van der Waals surface area contributed by atoms with E-state index in [0.29, 0.717) is 52.9 Å². The monoisotopic (exact) mass is 461 g/mol. The van der Waals surface area contributed by atoms with E-state index in [9.17, 15) is 9.59 Å². The Labute approximate surface area is 194 Å². The number of rotatable bonds is 4. The van der Waals surface area contributed by atoms with Gasteiger partial charge in [0.05, 0.1) is 17.9 Å². The smallest absolute Gasteiger partial charge is 0.277 e. The van der Waals surface area contributed by atoms with Crippen LogP contribution in [-0.2, 0) is 19.4 Å². The van der Waals surface area contributed by atoms with Gasteiger partial charge in [-0.25, -0.2) is 4.68 Å². The fourth-order valence-corrected chi connectivity index (χ4v) is 4.63. The first-order chi connectivity index (χ1) is 16.0. The van der Waals surface area contributed by atoms with Crippen molar-refractivity contribution in [1.29, 1.82) is 0 Å². The largest absolute Gasteiger partial charge is 0.341 e. The molecule has 0 bridgehead atoms. The second-order valence-electron chi connectivity index (χ2n) is 8.08. The molecule has 166 valence electrons. The summed E-state index contributed by atoms with van der Waals surface area (Å²) in [7, 11) is 1.78. The zero-order valence-electron chi connectivity index (χ0n) is 17.9. The third kappa shape index (κ3) is 3.61. The Balaban J connectivity index is 1.59. The molecule has 2 amide bonds. The molecule has 0 fully saturated rings. The van der Waals surface area contributed by atoms with Crippen molar-refractivity contribution in [2.75, 3.05) is 25.0 Å². The Hall–Kier alpha value is -3.81. The van der Waals surface area contributed by atoms with Crippen LogP contribution in [0.25, 0.3) is 16.1 Å². The normalized spacial score (nSPS) is 15.2. The molecule has 1 aromatic heterocycles. The number of benzene rings is 2. The SMILES string of the molecule is CN1CCc2ccc(N3CCc4c(CN=[N+]=[N-])nn(-c5cccc(Cl)c5)c4C3=O)cc2C1=O. The molecule has 10 heteroatoms. The molecule has 2 aromatic carbocycles. The Morgan fingerprint density at radius 2 is 1.94 bits per heavy atom. The maximum atomic E-state index is 13.7. The summed E-state index contributed by atoms with van der Waals surface area (Å²) in [5, 5.41) is 8.77. The fourth-order valence-electron chi connectivity index (χ4n) is 4.44. The van der Waals surface area contributed by atoms with Gasteiger partial charge in [-0.2, -0.15) is 5.10 Å². The van der Waals surface area contributed by atoms with E-state index in [1.807, 2.05) is 18.2 Å². The molecule has 3 aromatic rings. The molecule has 2 aliphatic heterocycles. The van der Waals surface area contributed by atoms with Crippen molar-refractivity contribution in [3.63, 3.8) is 0 Å². The summed E-state index contributed by atoms with van der Waals surface area (Å²) in [6.07, 6.45) is 1.34. The fraction of sp³-hybridized carbons (Fsp3) is 0.261. The lowest BCUT2D eigenvalue weighted by Gasteiger charge is -2.30. The number of nitrogens with zero attached hydrogens (tertiary/aromatic N) is 7. The molecule has 0 atom stereocenters. The highest BCUT2D eigenvalue weighted by molar-refractivity contribution is 6.30. The highest BCUT2D eigenvalue weighted by Crippen LogP contribution is 2.31. The Morgan fingerprint density at radius 1 is 1.09 bits per heavy atom. The van der Waals surface area contributed by atoms with Gasteiger partial charge in [-0.1, -0.05) is 28.8 Å². The molecule has 0 radical (unpaired) electrons. The van der Waals surface area contributed by atoms with Crippen LogP contribution in [0.5, 0.6) is 0 Å². The van der Waals surface area contributed by atoms with E-state index in [1.54, 1.807) is 45.8 Å². The number of azide groups is 1. The average molecular weight is 462 g/mol. The quantitative estimate of drug-likeness (QED) is 0.330. The molecule has 0 unspecified atom stereocenters. The second kappa shape index (κ2) is 8.27. The lowest BCUT2D eigenvalue weighted by Crippen LogP contribution is -2.39. The molecule has 5 rings (SSSR count). The summed E-state index contributed by atoms with van der Waals surface area (Å²) in [6.45, 7) is 1.17. The minimum absolute atomic E-state index is 0.0381. The number of fused-ring (bicyclic) bond motifs is 2. The van der Waals surface area contributed by atoms with E-state index in [0.717, 1.165) is 17.5 Å². The molecule has 0 saturated heterocycles. The van der Waals surface area contributed by atoms with E-state index in [1.165, 1.54) is 0 Å². The van der Waals surface area contributed by atoms with Crippen molar-refractivity contribution < 1.29 is 9.59 Å². The number of carbonyl (C=O) groups is 2. The van der Waals surface area contributed by atoms with Crippen molar-refractivity contribution in [2.45, 2.75) is 19.4 Å². The zero-order valence-corrected chi connectivity index (χ0v) is 18.7. The van der Waals surface area contributed by atoms with Crippen molar-refractivity contribution in [3.8, 4) is 5.69 Å². The summed E-state index contributed by atoms with van der Waals surface area (Å²) in [4.78, 5) is 32.6. The lowest BCUT2D eigenvalue weighted by molar-refractivity contribution is 0.0780. The number of anilines is 1. The zero-order chi connectivity index (χ0) is 23.1. The van der Waals surface area contributed by atoms with Crippen molar-refractivity contribution in [3.05, 3.63) is 86.0 Å². The minimum atomic E-state index is -0.229. The minimum Gasteiger partial charge on any atom is -0.341 e. The van der Waals surface area contributed by atoms with Crippen LogP contribution in [0.2, 0.25) is 5.02 Å². The van der Waals surface area contributed by atoms with Crippen LogP contribution in [0.3, 0.4) is 0 Å². The maximum Gasteiger partial charge on any atom is 0.277 e. The summed E-state index contributed by atoms with van der Waals surface area (Å²) in [5.74, 6) is -0.267. The molecule has 0 saturated carbocycles. The van der Waals surface area contributed by atoms with Gasteiger partial charge in [-0.3, -0.25) is 9.59 Å². The summed E-state index contributed by atoms with van der Waals surface area (Å²) >= 11 is 6.18. The van der Waals surface area contributed by atoms with E-state index in [2.05, 4.69) is 15.1 Å². The van der Waals surface area contributed by atoms with Crippen LogP contribution in [0.1, 0.15) is 37.7 Å². The third-order valence-corrected chi connectivity index (χ3v) is 6.37. The standard InChI is InChI=1S/C23H20ClN7O2/c1-29-9-7-14-5-6-16(12-19(14)22(29)32)30-10-8-18-20(13-26-28-25)27-31(21(18)23(30)33)17-4-2-3-15(24)11-17/h2-6,11-12H,7-10,13H2,1H3. The number of hydrogen-bond acceptors (Lipinski definition) is 4. The summed E-state index contributed by atoms with van der Waals surface area (Å²) in [6, 6.07) is 12.7. The van der Waals surface area contributed by atoms with Gasteiger partial charge in [0, 0.05) is 46.9 Å². The van der Waals surface area contributed by atoms with Crippen LogP contribution >= 0.6 is 11.6 Å². The average Bonchev–Trinajstić information content (AvgIpc) is 3.20. The summed E-state index contributed by atoms with van der Waals surface area (Å²) in [5.41, 5.74) is 13.4. The highest BCUT2D eigenvalue weighted by atomic mass is 35.5. The molecule has 9 nitrogen and oxygen atoms in total. The first-order valence-corrected chi connectivity index (χ1v) is 10.9. The van der Waals surface area contributed by atoms with Crippen LogP contribution in [-0.4, -0.2) is 46.6 Å².